The van der Waals surface area contributed by atoms with Crippen LogP contribution in [0.2, 0.25) is 10.0 Å². The second-order valence-electron chi connectivity index (χ2n) is 6.08. The van der Waals surface area contributed by atoms with Gasteiger partial charge in [-0.05, 0) is 30.7 Å². The van der Waals surface area contributed by atoms with Crippen molar-refractivity contribution in [2.24, 2.45) is 0 Å². The molecule has 0 saturated carbocycles. The average Bonchev–Trinajstić information content (AvgIpc) is 3.07. The van der Waals surface area contributed by atoms with Crippen LogP contribution in [0, 0.1) is 6.92 Å². The SMILES string of the molecule is Cc1cc(S(=O)(=O)N2CC(c3nc(-c4ncccn4)no3)C2)c(Cl)cc1Cl. The monoisotopic (exact) mass is 425 g/mol. The van der Waals surface area contributed by atoms with Crippen molar-refractivity contribution in [1.29, 1.82) is 0 Å². The predicted molar refractivity (Wildman–Crippen MR) is 98.0 cm³/mol. The van der Waals surface area contributed by atoms with E-state index >= 15 is 0 Å². The Morgan fingerprint density at radius 2 is 1.81 bits per heavy atom. The number of hydrogen-bond donors (Lipinski definition) is 0. The second-order valence-corrected chi connectivity index (χ2v) is 8.80. The molecule has 0 N–H and O–H groups in total. The lowest BCUT2D eigenvalue weighted by atomic mass is 10.0. The Balaban J connectivity index is 1.51. The molecular weight excluding hydrogens is 413 g/mol. The number of aromatic nitrogens is 4. The molecule has 2 aromatic heterocycles. The van der Waals surface area contributed by atoms with E-state index in [1.807, 2.05) is 0 Å². The summed E-state index contributed by atoms with van der Waals surface area (Å²) >= 11 is 12.1. The smallest absolute Gasteiger partial charge is 0.244 e. The van der Waals surface area contributed by atoms with Gasteiger partial charge in [0.05, 0.1) is 10.9 Å². The van der Waals surface area contributed by atoms with Crippen molar-refractivity contribution < 1.29 is 12.9 Å². The molecule has 0 spiro atoms. The zero-order valence-corrected chi connectivity index (χ0v) is 16.3. The molecule has 0 amide bonds. The molecule has 11 heteroatoms. The quantitative estimate of drug-likeness (QED) is 0.632. The van der Waals surface area contributed by atoms with Crippen LogP contribution < -0.4 is 0 Å². The highest BCUT2D eigenvalue weighted by Gasteiger charge is 2.41. The molecular formula is C16H13Cl2N5O3S. The van der Waals surface area contributed by atoms with Crippen LogP contribution in [0.15, 0.2) is 40.0 Å². The minimum absolute atomic E-state index is 0.0356. The van der Waals surface area contributed by atoms with Crippen LogP contribution in [-0.2, 0) is 10.0 Å². The first-order chi connectivity index (χ1) is 12.9. The molecule has 0 atom stereocenters. The maximum atomic E-state index is 12.8. The lowest BCUT2D eigenvalue weighted by Crippen LogP contribution is -2.48. The summed E-state index contributed by atoms with van der Waals surface area (Å²) in [6, 6.07) is 4.60. The van der Waals surface area contributed by atoms with Crippen LogP contribution in [0.5, 0.6) is 0 Å². The fourth-order valence-electron chi connectivity index (χ4n) is 2.66. The molecule has 4 rings (SSSR count). The molecule has 1 fully saturated rings. The van der Waals surface area contributed by atoms with Gasteiger partial charge in [0.2, 0.25) is 27.6 Å². The summed E-state index contributed by atoms with van der Waals surface area (Å²) in [6.45, 7) is 2.16. The van der Waals surface area contributed by atoms with Gasteiger partial charge in [-0.2, -0.15) is 9.29 Å². The van der Waals surface area contributed by atoms with Gasteiger partial charge in [-0.25, -0.2) is 18.4 Å². The lowest BCUT2D eigenvalue weighted by Gasteiger charge is -2.36. The van der Waals surface area contributed by atoms with E-state index in [2.05, 4.69) is 20.1 Å². The van der Waals surface area contributed by atoms with E-state index in [1.54, 1.807) is 25.4 Å². The van der Waals surface area contributed by atoms with E-state index in [-0.39, 0.29) is 34.7 Å². The molecule has 1 aliphatic heterocycles. The third-order valence-electron chi connectivity index (χ3n) is 4.24. The van der Waals surface area contributed by atoms with Gasteiger partial charge in [-0.15, -0.1) is 0 Å². The van der Waals surface area contributed by atoms with Gasteiger partial charge in [-0.1, -0.05) is 28.4 Å². The molecule has 1 aromatic carbocycles. The van der Waals surface area contributed by atoms with E-state index < -0.39 is 10.0 Å². The fourth-order valence-corrected chi connectivity index (χ4v) is 5.00. The van der Waals surface area contributed by atoms with Gasteiger partial charge in [-0.3, -0.25) is 0 Å². The fraction of sp³-hybridized carbons (Fsp3) is 0.250. The summed E-state index contributed by atoms with van der Waals surface area (Å²) in [5, 5.41) is 4.37. The highest BCUT2D eigenvalue weighted by Crippen LogP contribution is 2.35. The van der Waals surface area contributed by atoms with Gasteiger partial charge in [0, 0.05) is 30.5 Å². The second kappa shape index (κ2) is 6.83. The Bertz CT molecular complexity index is 1100. The van der Waals surface area contributed by atoms with Gasteiger partial charge in [0.1, 0.15) is 4.90 Å². The van der Waals surface area contributed by atoms with Crippen LogP contribution in [-0.4, -0.2) is 45.9 Å². The Hall–Kier alpha value is -2.07. The molecule has 0 bridgehead atoms. The molecule has 0 unspecified atom stereocenters. The van der Waals surface area contributed by atoms with Crippen LogP contribution in [0.3, 0.4) is 0 Å². The number of nitrogens with zero attached hydrogens (tertiary/aromatic N) is 5. The van der Waals surface area contributed by atoms with E-state index in [9.17, 15) is 8.42 Å². The highest BCUT2D eigenvalue weighted by atomic mass is 35.5. The van der Waals surface area contributed by atoms with Gasteiger partial charge < -0.3 is 4.52 Å². The maximum absolute atomic E-state index is 12.8. The topological polar surface area (TPSA) is 102 Å². The first kappa shape index (κ1) is 18.3. The van der Waals surface area contributed by atoms with Crippen LogP contribution in [0.4, 0.5) is 0 Å². The van der Waals surface area contributed by atoms with Crippen molar-refractivity contribution in [1.82, 2.24) is 24.4 Å². The van der Waals surface area contributed by atoms with Gasteiger partial charge in [0.15, 0.2) is 0 Å². The predicted octanol–water partition coefficient (Wildman–Crippen LogP) is 2.93. The van der Waals surface area contributed by atoms with Gasteiger partial charge in [0.25, 0.3) is 0 Å². The van der Waals surface area contributed by atoms with E-state index in [4.69, 9.17) is 27.7 Å². The van der Waals surface area contributed by atoms with Crippen molar-refractivity contribution >= 4 is 33.2 Å². The summed E-state index contributed by atoms with van der Waals surface area (Å²) in [7, 11) is -3.73. The largest absolute Gasteiger partial charge is 0.338 e. The summed E-state index contributed by atoms with van der Waals surface area (Å²) in [5.41, 5.74) is 0.640. The van der Waals surface area contributed by atoms with E-state index in [1.165, 1.54) is 16.4 Å². The molecule has 1 aliphatic rings. The van der Waals surface area contributed by atoms with Crippen molar-refractivity contribution in [3.8, 4) is 11.6 Å². The number of hydrogen-bond acceptors (Lipinski definition) is 7. The van der Waals surface area contributed by atoms with E-state index in [0.717, 1.165) is 0 Å². The Kier molecular flexibility index (Phi) is 4.63. The third kappa shape index (κ3) is 3.31. The van der Waals surface area contributed by atoms with Crippen LogP contribution >= 0.6 is 23.2 Å². The van der Waals surface area contributed by atoms with Crippen molar-refractivity contribution in [3.63, 3.8) is 0 Å². The molecule has 0 aliphatic carbocycles. The zero-order valence-electron chi connectivity index (χ0n) is 14.0. The molecule has 3 aromatic rings. The Morgan fingerprint density at radius 1 is 1.11 bits per heavy atom. The average molecular weight is 426 g/mol. The first-order valence-corrected chi connectivity index (χ1v) is 10.1. The number of aryl methyl sites for hydroxylation is 1. The van der Waals surface area contributed by atoms with Crippen molar-refractivity contribution in [2.75, 3.05) is 13.1 Å². The standard InChI is InChI=1S/C16H13Cl2N5O3S/c1-9-5-13(12(18)6-11(9)17)27(24,25)23-7-10(8-23)16-21-15(22-26-16)14-19-3-2-4-20-14/h2-6,10H,7-8H2,1H3. The molecule has 0 radical (unpaired) electrons. The number of sulfonamides is 1. The summed E-state index contributed by atoms with van der Waals surface area (Å²) in [6.07, 6.45) is 3.15. The number of rotatable bonds is 4. The third-order valence-corrected chi connectivity index (χ3v) is 6.94. The van der Waals surface area contributed by atoms with Crippen LogP contribution in [0.25, 0.3) is 11.6 Å². The maximum Gasteiger partial charge on any atom is 0.244 e. The normalized spacial score (nSPS) is 15.7. The number of benzene rings is 1. The van der Waals surface area contributed by atoms with Crippen molar-refractivity contribution in [2.45, 2.75) is 17.7 Å². The van der Waals surface area contributed by atoms with Crippen LogP contribution in [0.1, 0.15) is 17.4 Å². The summed E-state index contributed by atoms with van der Waals surface area (Å²) in [5.74, 6) is 0.766. The minimum Gasteiger partial charge on any atom is -0.338 e. The molecule has 3 heterocycles. The van der Waals surface area contributed by atoms with Crippen molar-refractivity contribution in [3.05, 3.63) is 52.1 Å². The first-order valence-electron chi connectivity index (χ1n) is 7.93. The molecule has 8 nitrogen and oxygen atoms in total. The molecule has 140 valence electrons. The Morgan fingerprint density at radius 3 is 2.52 bits per heavy atom. The van der Waals surface area contributed by atoms with Gasteiger partial charge >= 0.3 is 0 Å². The highest BCUT2D eigenvalue weighted by molar-refractivity contribution is 7.89. The Labute approximate surface area is 165 Å². The zero-order chi connectivity index (χ0) is 19.2. The van der Waals surface area contributed by atoms with E-state index in [0.29, 0.717) is 22.3 Å². The minimum atomic E-state index is -3.73. The lowest BCUT2D eigenvalue weighted by molar-refractivity contribution is 0.217. The summed E-state index contributed by atoms with van der Waals surface area (Å²) < 4.78 is 32.2. The molecule has 27 heavy (non-hydrogen) atoms. The molecule has 1 saturated heterocycles. The summed E-state index contributed by atoms with van der Waals surface area (Å²) in [4.78, 5) is 12.4. The number of halogens is 2.